The van der Waals surface area contributed by atoms with Crippen LogP contribution in [0.25, 0.3) is 0 Å². The molecule has 3 N–H and O–H groups in total. The Morgan fingerprint density at radius 2 is 2.33 bits per heavy atom. The molecule has 0 aromatic carbocycles. The minimum absolute atomic E-state index is 0.182. The molecule has 0 aromatic heterocycles. The lowest BCUT2D eigenvalue weighted by Gasteiger charge is -2.37. The lowest BCUT2D eigenvalue weighted by Crippen LogP contribution is -2.53. The van der Waals surface area contributed by atoms with E-state index in [0.717, 1.165) is 19.3 Å². The van der Waals surface area contributed by atoms with Gasteiger partial charge in [-0.15, -0.1) is 0 Å². The highest BCUT2D eigenvalue weighted by molar-refractivity contribution is 7.84. The molecule has 0 saturated heterocycles. The molecular formula is C10H21NO3S. The van der Waals surface area contributed by atoms with Crippen LogP contribution in [0, 0.1) is 0 Å². The van der Waals surface area contributed by atoms with Crippen molar-refractivity contribution in [1.82, 2.24) is 0 Å². The van der Waals surface area contributed by atoms with Crippen molar-refractivity contribution in [3.8, 4) is 0 Å². The minimum atomic E-state index is -0.868. The molecule has 0 aliphatic heterocycles. The van der Waals surface area contributed by atoms with Gasteiger partial charge >= 0.3 is 0 Å². The lowest BCUT2D eigenvalue weighted by molar-refractivity contribution is -0.0776. The molecule has 4 nitrogen and oxygen atoms in total. The highest BCUT2D eigenvalue weighted by Gasteiger charge is 2.36. The molecule has 0 aromatic rings. The third kappa shape index (κ3) is 4.18. The van der Waals surface area contributed by atoms with Gasteiger partial charge < -0.3 is 15.6 Å². The summed E-state index contributed by atoms with van der Waals surface area (Å²) in [5.74, 6) is 0.519. The number of ether oxygens (including phenoxy) is 1. The van der Waals surface area contributed by atoms with E-state index in [4.69, 9.17) is 10.5 Å². The Morgan fingerprint density at radius 1 is 1.60 bits per heavy atom. The van der Waals surface area contributed by atoms with Crippen LogP contribution in [0.5, 0.6) is 0 Å². The van der Waals surface area contributed by atoms with Crippen LogP contribution in [-0.4, -0.2) is 46.2 Å². The number of aliphatic hydroxyl groups is 1. The van der Waals surface area contributed by atoms with Gasteiger partial charge in [0.2, 0.25) is 0 Å². The summed E-state index contributed by atoms with van der Waals surface area (Å²) in [6.45, 7) is 0.698. The van der Waals surface area contributed by atoms with Gasteiger partial charge in [-0.05, 0) is 12.8 Å². The molecule has 15 heavy (non-hydrogen) atoms. The first-order valence-corrected chi connectivity index (χ1v) is 7.13. The predicted octanol–water partition coefficient (Wildman–Crippen LogP) is 0.0139. The van der Waals surface area contributed by atoms with E-state index in [9.17, 15) is 9.32 Å². The molecule has 90 valence electrons. The van der Waals surface area contributed by atoms with Crippen LogP contribution in [0.4, 0.5) is 0 Å². The van der Waals surface area contributed by atoms with E-state index in [-0.39, 0.29) is 12.6 Å². The van der Waals surface area contributed by atoms with Crippen LogP contribution in [0.1, 0.15) is 25.7 Å². The largest absolute Gasteiger partial charge is 0.386 e. The van der Waals surface area contributed by atoms with Gasteiger partial charge in [-0.3, -0.25) is 4.21 Å². The average Bonchev–Trinajstić information content (AvgIpc) is 2.18. The fraction of sp³-hybridized carbons (Fsp3) is 1.00. The molecule has 1 aliphatic carbocycles. The normalized spacial score (nSPS) is 33.9. The highest BCUT2D eigenvalue weighted by atomic mass is 32.2. The second kappa shape index (κ2) is 5.94. The maximum atomic E-state index is 10.8. The monoisotopic (exact) mass is 235 g/mol. The van der Waals surface area contributed by atoms with Gasteiger partial charge in [-0.1, -0.05) is 12.8 Å². The standard InChI is InChI=1S/C10H21NO3S/c1-15(13)7-6-14-8-10(12)5-3-2-4-9(10)11/h9,12H,2-8,11H2,1H3. The van der Waals surface area contributed by atoms with Crippen LogP contribution in [-0.2, 0) is 15.5 Å². The van der Waals surface area contributed by atoms with Crippen molar-refractivity contribution in [1.29, 1.82) is 0 Å². The second-order valence-electron chi connectivity index (χ2n) is 4.29. The van der Waals surface area contributed by atoms with E-state index in [1.54, 1.807) is 6.26 Å². The zero-order valence-electron chi connectivity index (χ0n) is 9.28. The minimum Gasteiger partial charge on any atom is -0.386 e. The Labute approximate surface area is 93.6 Å². The molecule has 3 atom stereocenters. The Balaban J connectivity index is 2.25. The van der Waals surface area contributed by atoms with Crippen molar-refractivity contribution in [3.63, 3.8) is 0 Å². The molecule has 1 fully saturated rings. The summed E-state index contributed by atoms with van der Waals surface area (Å²) in [7, 11) is -0.832. The molecule has 0 bridgehead atoms. The molecule has 1 saturated carbocycles. The Hall–Kier alpha value is 0.0300. The van der Waals surface area contributed by atoms with E-state index in [2.05, 4.69) is 0 Å². The van der Waals surface area contributed by atoms with Crippen molar-refractivity contribution in [2.75, 3.05) is 25.2 Å². The molecule has 1 rings (SSSR count). The fourth-order valence-electron chi connectivity index (χ4n) is 1.85. The number of hydrogen-bond donors (Lipinski definition) is 2. The fourth-order valence-corrected chi connectivity index (χ4v) is 2.21. The topological polar surface area (TPSA) is 72.5 Å². The smallest absolute Gasteiger partial charge is 0.103 e. The maximum absolute atomic E-state index is 10.8. The summed E-state index contributed by atoms with van der Waals surface area (Å²) < 4.78 is 16.1. The van der Waals surface area contributed by atoms with Gasteiger partial charge in [0.05, 0.1) is 13.2 Å². The van der Waals surface area contributed by atoms with Gasteiger partial charge in [0.25, 0.3) is 0 Å². The SMILES string of the molecule is CS(=O)CCOCC1(O)CCCCC1N. The van der Waals surface area contributed by atoms with E-state index in [1.807, 2.05) is 0 Å². The molecule has 0 heterocycles. The van der Waals surface area contributed by atoms with Crippen LogP contribution in [0.3, 0.4) is 0 Å². The van der Waals surface area contributed by atoms with E-state index in [1.165, 1.54) is 0 Å². The van der Waals surface area contributed by atoms with Crippen LogP contribution >= 0.6 is 0 Å². The molecule has 1 aliphatic rings. The van der Waals surface area contributed by atoms with E-state index >= 15 is 0 Å². The first-order chi connectivity index (χ1) is 7.04. The molecule has 5 heteroatoms. The van der Waals surface area contributed by atoms with Gasteiger partial charge in [0.1, 0.15) is 5.60 Å². The Bertz CT molecular complexity index is 225. The van der Waals surface area contributed by atoms with Crippen molar-refractivity contribution in [2.45, 2.75) is 37.3 Å². The number of nitrogens with two attached hydrogens (primary N) is 1. The first-order valence-electron chi connectivity index (χ1n) is 5.40. The molecular weight excluding hydrogens is 214 g/mol. The molecule has 3 unspecified atom stereocenters. The molecule has 0 spiro atoms. The highest BCUT2D eigenvalue weighted by Crippen LogP contribution is 2.27. The van der Waals surface area contributed by atoms with Crippen molar-refractivity contribution < 1.29 is 14.1 Å². The maximum Gasteiger partial charge on any atom is 0.103 e. The third-order valence-corrected chi connectivity index (χ3v) is 3.67. The zero-order chi connectivity index (χ0) is 11.3. The van der Waals surface area contributed by atoms with Crippen molar-refractivity contribution >= 4 is 10.8 Å². The van der Waals surface area contributed by atoms with E-state index < -0.39 is 16.4 Å². The Kier molecular flexibility index (Phi) is 5.18. The average molecular weight is 235 g/mol. The molecule has 0 radical (unpaired) electrons. The third-order valence-electron chi connectivity index (χ3n) is 2.93. The van der Waals surface area contributed by atoms with Gasteiger partial charge in [0, 0.05) is 28.9 Å². The lowest BCUT2D eigenvalue weighted by atomic mass is 9.81. The van der Waals surface area contributed by atoms with Crippen molar-refractivity contribution in [2.24, 2.45) is 5.73 Å². The summed E-state index contributed by atoms with van der Waals surface area (Å²) >= 11 is 0. The van der Waals surface area contributed by atoms with Crippen LogP contribution < -0.4 is 5.73 Å². The summed E-state index contributed by atoms with van der Waals surface area (Å²) in [6, 6.07) is -0.182. The second-order valence-corrected chi connectivity index (χ2v) is 5.84. The summed E-state index contributed by atoms with van der Waals surface area (Å²) in [4.78, 5) is 0. The quantitative estimate of drug-likeness (QED) is 0.659. The summed E-state index contributed by atoms with van der Waals surface area (Å²) in [5, 5.41) is 10.2. The van der Waals surface area contributed by atoms with Crippen LogP contribution in [0.15, 0.2) is 0 Å². The van der Waals surface area contributed by atoms with Gasteiger partial charge in [0.15, 0.2) is 0 Å². The van der Waals surface area contributed by atoms with E-state index in [0.29, 0.717) is 18.8 Å². The predicted molar refractivity (Wildman–Crippen MR) is 61.1 cm³/mol. The van der Waals surface area contributed by atoms with Gasteiger partial charge in [-0.25, -0.2) is 0 Å². The van der Waals surface area contributed by atoms with Crippen LogP contribution in [0.2, 0.25) is 0 Å². The number of rotatable bonds is 5. The van der Waals surface area contributed by atoms with Gasteiger partial charge in [-0.2, -0.15) is 0 Å². The zero-order valence-corrected chi connectivity index (χ0v) is 10.1. The summed E-state index contributed by atoms with van der Waals surface area (Å²) in [5.41, 5.74) is 5.00. The molecule has 0 amide bonds. The summed E-state index contributed by atoms with van der Waals surface area (Å²) in [6.07, 6.45) is 5.31. The first kappa shape index (κ1) is 13.1. The number of hydrogen-bond acceptors (Lipinski definition) is 4. The van der Waals surface area contributed by atoms with Crippen molar-refractivity contribution in [3.05, 3.63) is 0 Å². The Morgan fingerprint density at radius 3 is 2.93 bits per heavy atom.